The molecule has 0 fully saturated rings. The van der Waals surface area contributed by atoms with Crippen molar-refractivity contribution in [2.45, 2.75) is 26.2 Å². The predicted molar refractivity (Wildman–Crippen MR) is 48.2 cm³/mol. The van der Waals surface area contributed by atoms with Crippen LogP contribution < -0.4 is 0 Å². The van der Waals surface area contributed by atoms with Gasteiger partial charge in [-0.2, -0.15) is 0 Å². The Morgan fingerprint density at radius 2 is 1.91 bits per heavy atom. The number of halogens is 1. The van der Waals surface area contributed by atoms with E-state index in [1.165, 1.54) is 36.0 Å². The molecule has 1 aromatic carbocycles. The summed E-state index contributed by atoms with van der Waals surface area (Å²) in [6, 6.07) is 4.13. The van der Waals surface area contributed by atoms with Crippen LogP contribution in [0.4, 0.5) is 0 Å². The molecular weight excluding hydrogens is 156 g/mol. The predicted octanol–water partition coefficient (Wildman–Crippen LogP) is 3.14. The molecular formula is C10H11Cl. The molecule has 1 aliphatic carbocycles. The molecule has 0 nitrogen and oxygen atoms in total. The van der Waals surface area contributed by atoms with Gasteiger partial charge in [0, 0.05) is 5.02 Å². The summed E-state index contributed by atoms with van der Waals surface area (Å²) in [6.45, 7) is 2.17. The van der Waals surface area contributed by atoms with Crippen LogP contribution in [0, 0.1) is 6.92 Å². The Morgan fingerprint density at radius 1 is 1.18 bits per heavy atom. The van der Waals surface area contributed by atoms with E-state index in [-0.39, 0.29) is 0 Å². The summed E-state index contributed by atoms with van der Waals surface area (Å²) in [5.74, 6) is 0. The Hall–Kier alpha value is -0.490. The van der Waals surface area contributed by atoms with Gasteiger partial charge >= 0.3 is 0 Å². The van der Waals surface area contributed by atoms with Gasteiger partial charge in [0.05, 0.1) is 0 Å². The van der Waals surface area contributed by atoms with Crippen LogP contribution in [0.3, 0.4) is 0 Å². The van der Waals surface area contributed by atoms with E-state index in [4.69, 9.17) is 11.6 Å². The third kappa shape index (κ3) is 1.06. The van der Waals surface area contributed by atoms with Crippen LogP contribution in [0.2, 0.25) is 5.02 Å². The lowest BCUT2D eigenvalue weighted by atomic mass is 10.1. The number of aryl methyl sites for hydroxylation is 1. The van der Waals surface area contributed by atoms with Crippen LogP contribution in [0.1, 0.15) is 23.1 Å². The van der Waals surface area contributed by atoms with Crippen molar-refractivity contribution in [1.29, 1.82) is 0 Å². The molecule has 0 unspecified atom stereocenters. The molecule has 1 aliphatic rings. The molecule has 0 aliphatic heterocycles. The lowest BCUT2D eigenvalue weighted by Gasteiger charge is -2.04. The van der Waals surface area contributed by atoms with Crippen LogP contribution in [0.5, 0.6) is 0 Å². The summed E-state index contributed by atoms with van der Waals surface area (Å²) in [6.07, 6.45) is 3.68. The minimum atomic E-state index is 0.961. The first-order valence-corrected chi connectivity index (χ1v) is 4.43. The average molecular weight is 167 g/mol. The number of hydrogen-bond donors (Lipinski definition) is 0. The van der Waals surface area contributed by atoms with Gasteiger partial charge < -0.3 is 0 Å². The second kappa shape index (κ2) is 2.53. The number of fused-ring (bicyclic) bond motifs is 1. The van der Waals surface area contributed by atoms with Crippen molar-refractivity contribution in [3.8, 4) is 0 Å². The quantitative estimate of drug-likeness (QED) is 0.556. The van der Waals surface area contributed by atoms with Gasteiger partial charge in [0.1, 0.15) is 0 Å². The first-order chi connectivity index (χ1) is 5.29. The van der Waals surface area contributed by atoms with Crippen molar-refractivity contribution in [1.82, 2.24) is 0 Å². The SMILES string of the molecule is Cc1ccc(Cl)c2c1CCC2. The largest absolute Gasteiger partial charge is 0.0840 e. The molecule has 58 valence electrons. The van der Waals surface area contributed by atoms with E-state index in [0.29, 0.717) is 0 Å². The van der Waals surface area contributed by atoms with E-state index >= 15 is 0 Å². The highest BCUT2D eigenvalue weighted by Crippen LogP contribution is 2.30. The molecule has 0 bridgehead atoms. The van der Waals surface area contributed by atoms with Gasteiger partial charge in [0.2, 0.25) is 0 Å². The molecule has 2 rings (SSSR count). The summed E-state index contributed by atoms with van der Waals surface area (Å²) >= 11 is 6.04. The zero-order valence-corrected chi connectivity index (χ0v) is 7.41. The fraction of sp³-hybridized carbons (Fsp3) is 0.400. The molecule has 0 radical (unpaired) electrons. The summed E-state index contributed by atoms with van der Waals surface area (Å²) in [5, 5.41) is 0.961. The molecule has 0 amide bonds. The van der Waals surface area contributed by atoms with Gasteiger partial charge in [0.25, 0.3) is 0 Å². The van der Waals surface area contributed by atoms with Crippen LogP contribution in [-0.2, 0) is 12.8 Å². The molecule has 0 aromatic heterocycles. The lowest BCUT2D eigenvalue weighted by molar-refractivity contribution is 0.909. The van der Waals surface area contributed by atoms with Gasteiger partial charge in [0.15, 0.2) is 0 Å². The minimum absolute atomic E-state index is 0.961. The normalized spacial score (nSPS) is 15.1. The van der Waals surface area contributed by atoms with E-state index in [1.807, 2.05) is 6.07 Å². The Kier molecular flexibility index (Phi) is 1.65. The topological polar surface area (TPSA) is 0 Å². The fourth-order valence-electron chi connectivity index (χ4n) is 1.84. The Bertz CT molecular complexity index is 260. The Morgan fingerprint density at radius 3 is 2.64 bits per heavy atom. The molecule has 0 saturated heterocycles. The van der Waals surface area contributed by atoms with Gasteiger partial charge in [-0.1, -0.05) is 17.7 Å². The summed E-state index contributed by atoms with van der Waals surface area (Å²) in [7, 11) is 0. The van der Waals surface area contributed by atoms with Gasteiger partial charge in [-0.25, -0.2) is 0 Å². The highest BCUT2D eigenvalue weighted by Gasteiger charge is 2.15. The molecule has 0 N–H and O–H groups in total. The molecule has 0 atom stereocenters. The molecule has 0 saturated carbocycles. The summed E-state index contributed by atoms with van der Waals surface area (Å²) in [5.41, 5.74) is 4.30. The van der Waals surface area contributed by atoms with Crippen molar-refractivity contribution >= 4 is 11.6 Å². The third-order valence-electron chi connectivity index (χ3n) is 2.46. The van der Waals surface area contributed by atoms with E-state index in [0.717, 1.165) is 5.02 Å². The zero-order chi connectivity index (χ0) is 7.84. The Labute approximate surface area is 72.2 Å². The minimum Gasteiger partial charge on any atom is -0.0840 e. The molecule has 0 spiro atoms. The van der Waals surface area contributed by atoms with Gasteiger partial charge in [-0.3, -0.25) is 0 Å². The smallest absolute Gasteiger partial charge is 0.0440 e. The van der Waals surface area contributed by atoms with Crippen LogP contribution in [0.15, 0.2) is 12.1 Å². The van der Waals surface area contributed by atoms with Gasteiger partial charge in [-0.15, -0.1) is 0 Å². The fourth-order valence-corrected chi connectivity index (χ4v) is 2.11. The standard InChI is InChI=1S/C10H11Cl/c1-7-5-6-10(11)9-4-2-3-8(7)9/h5-6H,2-4H2,1H3. The second-order valence-corrected chi connectivity index (χ2v) is 3.58. The maximum Gasteiger partial charge on any atom is 0.0440 e. The number of hydrogen-bond acceptors (Lipinski definition) is 0. The lowest BCUT2D eigenvalue weighted by Crippen LogP contribution is -1.87. The van der Waals surface area contributed by atoms with Crippen LogP contribution in [0.25, 0.3) is 0 Å². The van der Waals surface area contributed by atoms with Crippen molar-refractivity contribution in [2.75, 3.05) is 0 Å². The molecule has 1 aromatic rings. The van der Waals surface area contributed by atoms with Crippen molar-refractivity contribution in [2.24, 2.45) is 0 Å². The van der Waals surface area contributed by atoms with Crippen LogP contribution in [-0.4, -0.2) is 0 Å². The summed E-state index contributed by atoms with van der Waals surface area (Å²) in [4.78, 5) is 0. The first kappa shape index (κ1) is 7.17. The second-order valence-electron chi connectivity index (χ2n) is 3.17. The molecule has 1 heteroatoms. The highest BCUT2D eigenvalue weighted by molar-refractivity contribution is 6.31. The van der Waals surface area contributed by atoms with E-state index in [1.54, 1.807) is 0 Å². The summed E-state index contributed by atoms with van der Waals surface area (Å²) < 4.78 is 0. The van der Waals surface area contributed by atoms with E-state index in [2.05, 4.69) is 13.0 Å². The molecule has 0 heterocycles. The Balaban J connectivity index is 2.64. The van der Waals surface area contributed by atoms with Crippen molar-refractivity contribution in [3.63, 3.8) is 0 Å². The monoisotopic (exact) mass is 166 g/mol. The third-order valence-corrected chi connectivity index (χ3v) is 2.82. The van der Waals surface area contributed by atoms with E-state index < -0.39 is 0 Å². The number of benzene rings is 1. The first-order valence-electron chi connectivity index (χ1n) is 4.06. The average Bonchev–Trinajstić information content (AvgIpc) is 2.45. The maximum absolute atomic E-state index is 6.04. The van der Waals surface area contributed by atoms with E-state index in [9.17, 15) is 0 Å². The highest BCUT2D eigenvalue weighted by atomic mass is 35.5. The van der Waals surface area contributed by atoms with Crippen molar-refractivity contribution < 1.29 is 0 Å². The zero-order valence-electron chi connectivity index (χ0n) is 6.65. The number of rotatable bonds is 0. The van der Waals surface area contributed by atoms with Gasteiger partial charge in [-0.05, 0) is 48.9 Å². The molecule has 11 heavy (non-hydrogen) atoms. The van der Waals surface area contributed by atoms with Crippen molar-refractivity contribution in [3.05, 3.63) is 33.8 Å². The van der Waals surface area contributed by atoms with Crippen LogP contribution >= 0.6 is 11.6 Å². The maximum atomic E-state index is 6.04.